The van der Waals surface area contributed by atoms with Gasteiger partial charge in [0, 0.05) is 15.6 Å². The van der Waals surface area contributed by atoms with E-state index in [1.165, 1.54) is 0 Å². The second kappa shape index (κ2) is 9.37. The molecule has 4 aromatic rings. The lowest BCUT2D eigenvalue weighted by molar-refractivity contribution is 0.0955. The summed E-state index contributed by atoms with van der Waals surface area (Å²) in [6, 6.07) is 28.9. The van der Waals surface area contributed by atoms with E-state index >= 15 is 0 Å². The van der Waals surface area contributed by atoms with Gasteiger partial charge in [-0.25, -0.2) is 5.43 Å². The molecule has 1 N–H and O–H groups in total. The molecule has 0 heterocycles. The van der Waals surface area contributed by atoms with E-state index in [9.17, 15) is 4.79 Å². The van der Waals surface area contributed by atoms with Gasteiger partial charge in [-0.05, 0) is 46.7 Å². The summed E-state index contributed by atoms with van der Waals surface area (Å²) in [7, 11) is 0. The van der Waals surface area contributed by atoms with Gasteiger partial charge in [0.2, 0.25) is 0 Å². The van der Waals surface area contributed by atoms with E-state index in [2.05, 4.69) is 26.5 Å². The third-order valence-electron chi connectivity index (χ3n) is 4.61. The highest BCUT2D eigenvalue weighted by Crippen LogP contribution is 2.27. The molecule has 0 bridgehead atoms. The molecular formula is C25H19BrN2O2. The lowest BCUT2D eigenvalue weighted by Gasteiger charge is -2.12. The van der Waals surface area contributed by atoms with Gasteiger partial charge in [-0.2, -0.15) is 5.10 Å². The summed E-state index contributed by atoms with van der Waals surface area (Å²) in [4.78, 5) is 12.3. The Bertz CT molecular complexity index is 1210. The number of carbonyl (C=O) groups is 1. The van der Waals surface area contributed by atoms with Gasteiger partial charge in [-0.15, -0.1) is 0 Å². The van der Waals surface area contributed by atoms with Crippen LogP contribution in [0, 0.1) is 0 Å². The van der Waals surface area contributed by atoms with Gasteiger partial charge in [-0.1, -0.05) is 76.6 Å². The molecule has 30 heavy (non-hydrogen) atoms. The van der Waals surface area contributed by atoms with Crippen LogP contribution in [0.2, 0.25) is 0 Å². The van der Waals surface area contributed by atoms with Gasteiger partial charge >= 0.3 is 0 Å². The fourth-order valence-corrected chi connectivity index (χ4v) is 3.58. The number of amides is 1. The first kappa shape index (κ1) is 19.9. The molecule has 0 saturated heterocycles. The van der Waals surface area contributed by atoms with E-state index < -0.39 is 0 Å². The number of hydrazone groups is 1. The molecule has 1 amide bonds. The molecule has 148 valence electrons. The molecule has 0 atom stereocenters. The van der Waals surface area contributed by atoms with E-state index in [-0.39, 0.29) is 5.91 Å². The lowest BCUT2D eigenvalue weighted by atomic mass is 10.0. The molecule has 0 radical (unpaired) electrons. The van der Waals surface area contributed by atoms with Gasteiger partial charge in [0.15, 0.2) is 0 Å². The highest BCUT2D eigenvalue weighted by molar-refractivity contribution is 9.10. The van der Waals surface area contributed by atoms with Crippen LogP contribution in [-0.2, 0) is 6.61 Å². The van der Waals surface area contributed by atoms with Crippen LogP contribution in [0.15, 0.2) is 101 Å². The minimum atomic E-state index is -0.260. The molecular weight excluding hydrogens is 440 g/mol. The summed E-state index contributed by atoms with van der Waals surface area (Å²) < 4.78 is 7.11. The van der Waals surface area contributed by atoms with Gasteiger partial charge in [0.05, 0.1) is 6.21 Å². The average Bonchev–Trinajstić information content (AvgIpc) is 2.79. The maximum Gasteiger partial charge on any atom is 0.271 e. The Morgan fingerprint density at radius 3 is 2.57 bits per heavy atom. The maximum absolute atomic E-state index is 12.3. The van der Waals surface area contributed by atoms with Crippen LogP contribution in [0.4, 0.5) is 0 Å². The highest BCUT2D eigenvalue weighted by Gasteiger charge is 2.09. The van der Waals surface area contributed by atoms with E-state index in [1.807, 2.05) is 78.9 Å². The molecule has 0 fully saturated rings. The maximum atomic E-state index is 12.3. The molecule has 0 aliphatic heterocycles. The SMILES string of the molecule is O=C(N/N=C\c1c(OCc2cccc(Br)c2)ccc2ccccc12)c1ccccc1. The molecule has 5 heteroatoms. The van der Waals surface area contributed by atoms with Gasteiger partial charge < -0.3 is 4.74 Å². The van der Waals surface area contributed by atoms with Gasteiger partial charge in [0.1, 0.15) is 12.4 Å². The van der Waals surface area contributed by atoms with Crippen molar-refractivity contribution in [2.24, 2.45) is 5.10 Å². The van der Waals surface area contributed by atoms with Crippen molar-refractivity contribution < 1.29 is 9.53 Å². The zero-order chi connectivity index (χ0) is 20.8. The van der Waals surface area contributed by atoms with Crippen molar-refractivity contribution in [1.82, 2.24) is 5.43 Å². The van der Waals surface area contributed by atoms with Crippen molar-refractivity contribution in [3.05, 3.63) is 112 Å². The summed E-state index contributed by atoms with van der Waals surface area (Å²) in [5, 5.41) is 6.26. The Kier molecular flexibility index (Phi) is 6.20. The molecule has 0 aliphatic rings. The van der Waals surface area contributed by atoms with Crippen LogP contribution < -0.4 is 10.2 Å². The fourth-order valence-electron chi connectivity index (χ4n) is 3.13. The van der Waals surface area contributed by atoms with Gasteiger partial charge in [-0.3, -0.25) is 4.79 Å². The molecule has 0 aromatic heterocycles. The number of rotatable bonds is 6. The molecule has 4 nitrogen and oxygen atoms in total. The number of ether oxygens (including phenoxy) is 1. The first-order valence-corrected chi connectivity index (χ1v) is 10.3. The van der Waals surface area contributed by atoms with Crippen LogP contribution >= 0.6 is 15.9 Å². The van der Waals surface area contributed by atoms with Crippen LogP contribution in [0.25, 0.3) is 10.8 Å². The minimum Gasteiger partial charge on any atom is -0.488 e. The first-order chi connectivity index (χ1) is 14.7. The molecule has 0 aliphatic carbocycles. The number of hydrogen-bond donors (Lipinski definition) is 1. The lowest BCUT2D eigenvalue weighted by Crippen LogP contribution is -2.17. The molecule has 0 spiro atoms. The largest absolute Gasteiger partial charge is 0.488 e. The van der Waals surface area contributed by atoms with Crippen LogP contribution in [0.1, 0.15) is 21.5 Å². The topological polar surface area (TPSA) is 50.7 Å². The number of carbonyl (C=O) groups excluding carboxylic acids is 1. The number of fused-ring (bicyclic) bond motifs is 1. The van der Waals surface area contributed by atoms with Crippen molar-refractivity contribution in [3.8, 4) is 5.75 Å². The smallest absolute Gasteiger partial charge is 0.271 e. The van der Waals surface area contributed by atoms with Crippen LogP contribution in [0.5, 0.6) is 5.75 Å². The summed E-state index contributed by atoms with van der Waals surface area (Å²) in [6.45, 7) is 0.426. The van der Waals surface area contributed by atoms with E-state index in [1.54, 1.807) is 18.3 Å². The first-order valence-electron chi connectivity index (χ1n) is 9.48. The number of benzene rings is 4. The number of hydrogen-bond acceptors (Lipinski definition) is 3. The third-order valence-corrected chi connectivity index (χ3v) is 5.10. The Morgan fingerprint density at radius 1 is 0.933 bits per heavy atom. The second-order valence-corrected chi connectivity index (χ2v) is 7.60. The van der Waals surface area contributed by atoms with E-state index in [0.717, 1.165) is 26.4 Å². The number of nitrogens with one attached hydrogen (secondary N) is 1. The van der Waals surface area contributed by atoms with E-state index in [0.29, 0.717) is 17.9 Å². The molecule has 0 unspecified atom stereocenters. The number of nitrogens with zero attached hydrogens (tertiary/aromatic N) is 1. The van der Waals surface area contributed by atoms with Crippen molar-refractivity contribution in [2.75, 3.05) is 0 Å². The zero-order valence-electron chi connectivity index (χ0n) is 16.1. The van der Waals surface area contributed by atoms with Crippen molar-refractivity contribution in [3.63, 3.8) is 0 Å². The Labute approximate surface area is 183 Å². The minimum absolute atomic E-state index is 0.260. The normalized spacial score (nSPS) is 11.0. The zero-order valence-corrected chi connectivity index (χ0v) is 17.7. The van der Waals surface area contributed by atoms with Gasteiger partial charge in [0.25, 0.3) is 5.91 Å². The molecule has 0 saturated carbocycles. The summed E-state index contributed by atoms with van der Waals surface area (Å²) >= 11 is 3.49. The van der Waals surface area contributed by atoms with Crippen LogP contribution in [-0.4, -0.2) is 12.1 Å². The van der Waals surface area contributed by atoms with E-state index in [4.69, 9.17) is 4.74 Å². The van der Waals surface area contributed by atoms with Crippen molar-refractivity contribution in [1.29, 1.82) is 0 Å². The van der Waals surface area contributed by atoms with Crippen molar-refractivity contribution >= 4 is 38.8 Å². The monoisotopic (exact) mass is 458 g/mol. The summed E-state index contributed by atoms with van der Waals surface area (Å²) in [5.41, 5.74) is 5.01. The summed E-state index contributed by atoms with van der Waals surface area (Å²) in [6.07, 6.45) is 1.64. The Hall–Kier alpha value is -3.44. The predicted molar refractivity (Wildman–Crippen MR) is 124 cm³/mol. The van der Waals surface area contributed by atoms with Crippen LogP contribution in [0.3, 0.4) is 0 Å². The average molecular weight is 459 g/mol. The quantitative estimate of drug-likeness (QED) is 0.286. The predicted octanol–water partition coefficient (Wildman–Crippen LogP) is 5.95. The molecule has 4 aromatic carbocycles. The molecule has 4 rings (SSSR count). The number of halogens is 1. The standard InChI is InChI=1S/C25H19BrN2O2/c26-21-11-6-7-18(15-21)17-30-24-14-13-19-8-4-5-12-22(19)23(24)16-27-28-25(29)20-9-2-1-3-10-20/h1-16H,17H2,(H,28,29)/b27-16-. The third kappa shape index (κ3) is 4.75. The Morgan fingerprint density at radius 2 is 1.73 bits per heavy atom. The fraction of sp³-hybridized carbons (Fsp3) is 0.0400. The van der Waals surface area contributed by atoms with Crippen molar-refractivity contribution in [2.45, 2.75) is 6.61 Å². The second-order valence-electron chi connectivity index (χ2n) is 6.68. The summed E-state index contributed by atoms with van der Waals surface area (Å²) in [5.74, 6) is 0.440. The Balaban J connectivity index is 1.59. The highest BCUT2D eigenvalue weighted by atomic mass is 79.9.